The van der Waals surface area contributed by atoms with Gasteiger partial charge in [0, 0.05) is 0 Å². The summed E-state index contributed by atoms with van der Waals surface area (Å²) >= 11 is 1.65. The lowest BCUT2D eigenvalue weighted by molar-refractivity contribution is 0.111. The second-order valence-electron chi connectivity index (χ2n) is 3.79. The summed E-state index contributed by atoms with van der Waals surface area (Å²) in [6.45, 7) is 0.183. The molecule has 0 aliphatic carbocycles. The van der Waals surface area contributed by atoms with Crippen LogP contribution >= 0.6 is 22.6 Å². The highest BCUT2D eigenvalue weighted by molar-refractivity contribution is 14.1. The molecule has 0 aliphatic heterocycles. The number of hydrogen-bond acceptors (Lipinski definition) is 2. The van der Waals surface area contributed by atoms with Crippen molar-refractivity contribution in [3.05, 3.63) is 62.7 Å². The van der Waals surface area contributed by atoms with Gasteiger partial charge in [-0.1, -0.05) is 30.3 Å². The van der Waals surface area contributed by atoms with Crippen LogP contribution in [0.5, 0.6) is 5.75 Å². The van der Waals surface area contributed by atoms with Crippen molar-refractivity contribution in [1.29, 1.82) is 0 Å². The van der Waals surface area contributed by atoms with Crippen LogP contribution in [0.4, 0.5) is 8.78 Å². The van der Waals surface area contributed by atoms with Gasteiger partial charge in [0.25, 0.3) is 0 Å². The first kappa shape index (κ1) is 13.9. The van der Waals surface area contributed by atoms with Gasteiger partial charge in [0.1, 0.15) is 12.4 Å². The minimum Gasteiger partial charge on any atom is -0.488 e. The Balaban J connectivity index is 2.28. The lowest BCUT2D eigenvalue weighted by atomic mass is 10.2. The van der Waals surface area contributed by atoms with Crippen molar-refractivity contribution in [2.24, 2.45) is 0 Å². The Labute approximate surface area is 122 Å². The first-order chi connectivity index (χ1) is 9.13. The Hall–Kier alpha value is -1.50. The fourth-order valence-corrected chi connectivity index (χ4v) is 2.07. The predicted molar refractivity (Wildman–Crippen MR) is 75.2 cm³/mol. The molecule has 0 amide bonds. The van der Waals surface area contributed by atoms with E-state index in [9.17, 15) is 13.6 Å². The normalized spacial score (nSPS) is 10.3. The second kappa shape index (κ2) is 6.10. The summed E-state index contributed by atoms with van der Waals surface area (Å²) in [4.78, 5) is 10.8. The summed E-state index contributed by atoms with van der Waals surface area (Å²) in [5.74, 6) is -2.16. The molecule has 0 aromatic heterocycles. The van der Waals surface area contributed by atoms with Crippen molar-refractivity contribution in [2.75, 3.05) is 0 Å². The lowest BCUT2D eigenvalue weighted by Crippen LogP contribution is -2.03. The summed E-state index contributed by atoms with van der Waals surface area (Å²) in [6.07, 6.45) is 0.259. The number of carbonyl (C=O) groups excluding carboxylic acids is 1. The summed E-state index contributed by atoms with van der Waals surface area (Å²) in [7, 11) is 0. The van der Waals surface area contributed by atoms with E-state index in [1.807, 2.05) is 30.3 Å². The van der Waals surface area contributed by atoms with Gasteiger partial charge in [-0.25, -0.2) is 8.78 Å². The van der Waals surface area contributed by atoms with Crippen LogP contribution in [0, 0.1) is 15.2 Å². The summed E-state index contributed by atoms with van der Waals surface area (Å²) in [5.41, 5.74) is 0.480. The van der Waals surface area contributed by atoms with Crippen molar-refractivity contribution in [1.82, 2.24) is 0 Å². The summed E-state index contributed by atoms with van der Waals surface area (Å²) in [6, 6.07) is 10.5. The van der Waals surface area contributed by atoms with Gasteiger partial charge in [0.15, 0.2) is 17.9 Å². The van der Waals surface area contributed by atoms with Crippen molar-refractivity contribution < 1.29 is 18.3 Å². The minimum absolute atomic E-state index is 0.0437. The maximum atomic E-state index is 13.6. The van der Waals surface area contributed by atoms with Gasteiger partial charge in [-0.15, -0.1) is 0 Å². The first-order valence-electron chi connectivity index (χ1n) is 5.43. The molecule has 0 unspecified atom stereocenters. The average molecular weight is 374 g/mol. The molecule has 0 radical (unpaired) electrons. The topological polar surface area (TPSA) is 26.3 Å². The van der Waals surface area contributed by atoms with E-state index >= 15 is 0 Å². The highest BCUT2D eigenvalue weighted by atomic mass is 127. The maximum Gasteiger partial charge on any atom is 0.174 e. The Kier molecular flexibility index (Phi) is 4.47. The van der Waals surface area contributed by atoms with E-state index in [1.54, 1.807) is 22.6 Å². The van der Waals surface area contributed by atoms with E-state index in [2.05, 4.69) is 0 Å². The molecule has 0 saturated carbocycles. The fourth-order valence-electron chi connectivity index (χ4n) is 1.55. The molecule has 0 heterocycles. The minimum atomic E-state index is -1.18. The Bertz CT molecular complexity index is 600. The van der Waals surface area contributed by atoms with Gasteiger partial charge in [0.05, 0.1) is 9.13 Å². The standard InChI is InChI=1S/C14H9F2IO2/c15-13-10(7-18)12(6-11(17)14(13)16)19-8-9-4-2-1-3-5-9/h1-7H,8H2. The van der Waals surface area contributed by atoms with E-state index in [1.165, 1.54) is 6.07 Å². The molecule has 0 fully saturated rings. The monoisotopic (exact) mass is 374 g/mol. The van der Waals surface area contributed by atoms with Gasteiger partial charge < -0.3 is 4.74 Å². The second-order valence-corrected chi connectivity index (χ2v) is 4.95. The Morgan fingerprint density at radius 3 is 2.47 bits per heavy atom. The largest absolute Gasteiger partial charge is 0.488 e. The van der Waals surface area contributed by atoms with Gasteiger partial charge in [-0.3, -0.25) is 4.79 Å². The molecule has 2 aromatic rings. The zero-order valence-electron chi connectivity index (χ0n) is 9.70. The SMILES string of the molecule is O=Cc1c(OCc2ccccc2)cc(I)c(F)c1F. The van der Waals surface area contributed by atoms with Crippen LogP contribution in [-0.2, 0) is 6.61 Å². The molecule has 0 aliphatic rings. The third kappa shape index (κ3) is 3.09. The van der Waals surface area contributed by atoms with E-state index in [4.69, 9.17) is 4.74 Å². The number of rotatable bonds is 4. The maximum absolute atomic E-state index is 13.6. The van der Waals surface area contributed by atoms with Crippen LogP contribution in [0.15, 0.2) is 36.4 Å². The van der Waals surface area contributed by atoms with E-state index in [0.717, 1.165) is 5.56 Å². The van der Waals surface area contributed by atoms with Crippen molar-refractivity contribution >= 4 is 28.9 Å². The van der Waals surface area contributed by atoms with Gasteiger partial charge >= 0.3 is 0 Å². The number of halogens is 3. The van der Waals surface area contributed by atoms with Gasteiger partial charge in [-0.05, 0) is 34.2 Å². The molecule has 0 spiro atoms. The van der Waals surface area contributed by atoms with Crippen LogP contribution in [0.1, 0.15) is 15.9 Å². The first-order valence-corrected chi connectivity index (χ1v) is 6.50. The number of ether oxygens (including phenoxy) is 1. The molecule has 0 bridgehead atoms. The number of aldehydes is 1. The molecular formula is C14H9F2IO2. The molecule has 0 atom stereocenters. The molecule has 0 saturated heterocycles. The summed E-state index contributed by atoms with van der Waals surface area (Å²) < 4.78 is 32.3. The third-order valence-electron chi connectivity index (χ3n) is 2.52. The average Bonchev–Trinajstić information content (AvgIpc) is 2.44. The van der Waals surface area contributed by atoms with Crippen LogP contribution in [-0.4, -0.2) is 6.29 Å². The van der Waals surface area contributed by atoms with Crippen molar-refractivity contribution in [3.63, 3.8) is 0 Å². The smallest absolute Gasteiger partial charge is 0.174 e. The van der Waals surface area contributed by atoms with E-state index in [-0.39, 0.29) is 22.2 Å². The Morgan fingerprint density at radius 1 is 1.16 bits per heavy atom. The van der Waals surface area contributed by atoms with Gasteiger partial charge in [-0.2, -0.15) is 0 Å². The van der Waals surface area contributed by atoms with E-state index in [0.29, 0.717) is 0 Å². The molecule has 2 rings (SSSR count). The van der Waals surface area contributed by atoms with Crippen molar-refractivity contribution in [3.8, 4) is 5.75 Å². The predicted octanol–water partition coefficient (Wildman–Crippen LogP) is 3.96. The zero-order valence-corrected chi connectivity index (χ0v) is 11.9. The van der Waals surface area contributed by atoms with Gasteiger partial charge in [0.2, 0.25) is 0 Å². The molecular weight excluding hydrogens is 365 g/mol. The van der Waals surface area contributed by atoms with Crippen LogP contribution < -0.4 is 4.74 Å². The van der Waals surface area contributed by atoms with E-state index < -0.39 is 17.2 Å². The summed E-state index contributed by atoms with van der Waals surface area (Å²) in [5, 5.41) is 0. The van der Waals surface area contributed by atoms with Crippen LogP contribution in [0.2, 0.25) is 0 Å². The number of benzene rings is 2. The molecule has 5 heteroatoms. The van der Waals surface area contributed by atoms with Crippen LogP contribution in [0.25, 0.3) is 0 Å². The van der Waals surface area contributed by atoms with Crippen LogP contribution in [0.3, 0.4) is 0 Å². The molecule has 98 valence electrons. The molecule has 2 nitrogen and oxygen atoms in total. The molecule has 2 aromatic carbocycles. The fraction of sp³-hybridized carbons (Fsp3) is 0.0714. The lowest BCUT2D eigenvalue weighted by Gasteiger charge is -2.10. The van der Waals surface area contributed by atoms with Crippen molar-refractivity contribution in [2.45, 2.75) is 6.61 Å². The molecule has 0 N–H and O–H groups in total. The zero-order chi connectivity index (χ0) is 13.8. The highest BCUT2D eigenvalue weighted by Crippen LogP contribution is 2.27. The quantitative estimate of drug-likeness (QED) is 0.460. The number of carbonyl (C=O) groups is 1. The third-order valence-corrected chi connectivity index (χ3v) is 3.30. The number of hydrogen-bond donors (Lipinski definition) is 0. The Morgan fingerprint density at radius 2 is 1.84 bits per heavy atom. The highest BCUT2D eigenvalue weighted by Gasteiger charge is 2.17. The molecule has 19 heavy (non-hydrogen) atoms.